The van der Waals surface area contributed by atoms with Gasteiger partial charge in [0.2, 0.25) is 0 Å². The minimum atomic E-state index is -4.42. The van der Waals surface area contributed by atoms with Crippen LogP contribution in [0.5, 0.6) is 0 Å². The summed E-state index contributed by atoms with van der Waals surface area (Å²) in [5, 5.41) is 11.3. The second kappa shape index (κ2) is 5.51. The molecule has 6 nitrogen and oxygen atoms in total. The highest BCUT2D eigenvalue weighted by molar-refractivity contribution is 5.73. The number of aromatic nitrogens is 3. The molecule has 9 heteroatoms. The van der Waals surface area contributed by atoms with Gasteiger partial charge in [0.1, 0.15) is 12.9 Å². The van der Waals surface area contributed by atoms with E-state index in [9.17, 15) is 18.0 Å². The summed E-state index contributed by atoms with van der Waals surface area (Å²) in [6.07, 6.45) is -2.94. The molecule has 0 unspecified atom stereocenters. The van der Waals surface area contributed by atoms with Crippen molar-refractivity contribution in [3.8, 4) is 0 Å². The van der Waals surface area contributed by atoms with Gasteiger partial charge >= 0.3 is 12.2 Å². The van der Waals surface area contributed by atoms with Crippen LogP contribution in [0.1, 0.15) is 12.7 Å². The fourth-order valence-corrected chi connectivity index (χ4v) is 1.08. The number of alkyl halides is 3. The topological polar surface area (TPSA) is 71.8 Å². The number of halogens is 3. The molecule has 0 saturated heterocycles. The van der Waals surface area contributed by atoms with E-state index in [-0.39, 0.29) is 6.54 Å². The molecule has 1 heterocycles. The van der Waals surface area contributed by atoms with E-state index in [0.29, 0.717) is 12.4 Å². The Kier molecular flexibility index (Phi) is 4.30. The summed E-state index contributed by atoms with van der Waals surface area (Å²) >= 11 is 0. The summed E-state index contributed by atoms with van der Waals surface area (Å²) in [6.45, 7) is 1.14. The summed E-state index contributed by atoms with van der Waals surface area (Å²) < 4.78 is 37.0. The molecule has 2 N–H and O–H groups in total. The van der Waals surface area contributed by atoms with Crippen LogP contribution in [-0.4, -0.2) is 33.5 Å². The zero-order valence-electron chi connectivity index (χ0n) is 9.08. The summed E-state index contributed by atoms with van der Waals surface area (Å²) in [4.78, 5) is 11.0. The van der Waals surface area contributed by atoms with E-state index in [2.05, 4.69) is 15.5 Å². The minimum absolute atomic E-state index is 0.0253. The molecule has 0 spiro atoms. The number of rotatable bonds is 4. The molecular formula is C8H12F3N5O. The molecule has 0 fully saturated rings. The first kappa shape index (κ1) is 13.3. The van der Waals surface area contributed by atoms with Crippen molar-refractivity contribution in [2.24, 2.45) is 0 Å². The van der Waals surface area contributed by atoms with Gasteiger partial charge < -0.3 is 15.2 Å². The van der Waals surface area contributed by atoms with Gasteiger partial charge in [-0.1, -0.05) is 0 Å². The second-order valence-corrected chi connectivity index (χ2v) is 3.18. The predicted octanol–water partition coefficient (Wildman–Crippen LogP) is 0.660. The van der Waals surface area contributed by atoms with E-state index < -0.39 is 18.8 Å². The number of carbonyl (C=O) groups excluding carboxylic acids is 1. The van der Waals surface area contributed by atoms with Gasteiger partial charge in [-0.3, -0.25) is 0 Å². The van der Waals surface area contributed by atoms with Crippen LogP contribution in [0.25, 0.3) is 0 Å². The van der Waals surface area contributed by atoms with Crippen molar-refractivity contribution in [2.75, 3.05) is 6.54 Å². The van der Waals surface area contributed by atoms with Crippen LogP contribution in [0.4, 0.5) is 18.0 Å². The Morgan fingerprint density at radius 1 is 1.47 bits per heavy atom. The zero-order chi connectivity index (χ0) is 12.9. The van der Waals surface area contributed by atoms with Gasteiger partial charge in [0, 0.05) is 6.54 Å². The Labute approximate surface area is 95.2 Å². The van der Waals surface area contributed by atoms with E-state index in [1.165, 1.54) is 6.33 Å². The molecule has 96 valence electrons. The van der Waals surface area contributed by atoms with Crippen LogP contribution in [-0.2, 0) is 13.1 Å². The number of aryl methyl sites for hydroxylation is 1. The highest BCUT2D eigenvalue weighted by atomic mass is 19.4. The maximum atomic E-state index is 11.8. The van der Waals surface area contributed by atoms with Gasteiger partial charge in [0.15, 0.2) is 5.82 Å². The molecule has 2 amide bonds. The predicted molar refractivity (Wildman–Crippen MR) is 52.0 cm³/mol. The number of hydrogen-bond acceptors (Lipinski definition) is 3. The zero-order valence-corrected chi connectivity index (χ0v) is 9.08. The van der Waals surface area contributed by atoms with Gasteiger partial charge in [-0.2, -0.15) is 13.2 Å². The minimum Gasteiger partial charge on any atom is -0.331 e. The first-order valence-electron chi connectivity index (χ1n) is 4.87. The monoisotopic (exact) mass is 251 g/mol. The molecular weight excluding hydrogens is 239 g/mol. The van der Waals surface area contributed by atoms with E-state index in [4.69, 9.17) is 0 Å². The number of amides is 2. The Balaban J connectivity index is 2.33. The fraction of sp³-hybridized carbons (Fsp3) is 0.625. The maximum absolute atomic E-state index is 11.8. The maximum Gasteiger partial charge on any atom is 0.405 e. The fourth-order valence-electron chi connectivity index (χ4n) is 1.08. The Morgan fingerprint density at radius 3 is 2.76 bits per heavy atom. The summed E-state index contributed by atoms with van der Waals surface area (Å²) in [5.74, 6) is 0.481. The molecule has 1 aromatic rings. The highest BCUT2D eigenvalue weighted by Gasteiger charge is 2.27. The first-order valence-corrected chi connectivity index (χ1v) is 4.87. The average Bonchev–Trinajstić information content (AvgIpc) is 2.69. The summed E-state index contributed by atoms with van der Waals surface area (Å²) in [5.41, 5.74) is 0. The quantitative estimate of drug-likeness (QED) is 0.825. The third-order valence-corrected chi connectivity index (χ3v) is 1.89. The van der Waals surface area contributed by atoms with Crippen LogP contribution in [0, 0.1) is 0 Å². The lowest BCUT2D eigenvalue weighted by Gasteiger charge is -2.09. The van der Waals surface area contributed by atoms with Crippen molar-refractivity contribution in [1.29, 1.82) is 0 Å². The van der Waals surface area contributed by atoms with Crippen molar-refractivity contribution < 1.29 is 18.0 Å². The lowest BCUT2D eigenvalue weighted by Crippen LogP contribution is -2.40. The van der Waals surface area contributed by atoms with Crippen LogP contribution >= 0.6 is 0 Å². The van der Waals surface area contributed by atoms with E-state index in [1.54, 1.807) is 9.88 Å². The number of urea groups is 1. The molecule has 0 bridgehead atoms. The van der Waals surface area contributed by atoms with Crippen LogP contribution in [0.15, 0.2) is 6.33 Å². The van der Waals surface area contributed by atoms with Gasteiger partial charge in [-0.25, -0.2) is 4.79 Å². The normalized spacial score (nSPS) is 11.3. The standard InChI is InChI=1S/C8H12F3N5O/c1-2-16-5-14-15-6(16)3-12-7(17)13-4-8(9,10)11/h5H,2-4H2,1H3,(H2,12,13,17). The molecule has 0 saturated carbocycles. The highest BCUT2D eigenvalue weighted by Crippen LogP contribution is 2.11. The molecule has 0 aliphatic rings. The first-order chi connectivity index (χ1) is 7.92. The number of nitrogens with zero attached hydrogens (tertiary/aromatic N) is 3. The van der Waals surface area contributed by atoms with Gasteiger partial charge in [0.25, 0.3) is 0 Å². The van der Waals surface area contributed by atoms with Crippen molar-refractivity contribution in [3.05, 3.63) is 12.2 Å². The van der Waals surface area contributed by atoms with E-state index >= 15 is 0 Å². The molecule has 0 aromatic carbocycles. The van der Waals surface area contributed by atoms with Crippen LogP contribution < -0.4 is 10.6 Å². The molecule has 17 heavy (non-hydrogen) atoms. The number of nitrogens with one attached hydrogen (secondary N) is 2. The molecule has 0 aliphatic carbocycles. The molecule has 1 rings (SSSR count). The smallest absolute Gasteiger partial charge is 0.331 e. The number of hydrogen-bond donors (Lipinski definition) is 2. The third kappa shape index (κ3) is 4.70. The average molecular weight is 251 g/mol. The summed E-state index contributed by atoms with van der Waals surface area (Å²) in [6, 6.07) is -0.895. The van der Waals surface area contributed by atoms with Crippen LogP contribution in [0.3, 0.4) is 0 Å². The van der Waals surface area contributed by atoms with Crippen LogP contribution in [0.2, 0.25) is 0 Å². The van der Waals surface area contributed by atoms with Gasteiger partial charge in [-0.15, -0.1) is 10.2 Å². The second-order valence-electron chi connectivity index (χ2n) is 3.18. The molecule has 0 aliphatic heterocycles. The van der Waals surface area contributed by atoms with E-state index in [0.717, 1.165) is 0 Å². The Hall–Kier alpha value is -1.80. The van der Waals surface area contributed by atoms with Gasteiger partial charge in [0.05, 0.1) is 6.54 Å². The molecule has 0 radical (unpaired) electrons. The van der Waals surface area contributed by atoms with Crippen molar-refractivity contribution >= 4 is 6.03 Å². The number of carbonyl (C=O) groups is 1. The van der Waals surface area contributed by atoms with Gasteiger partial charge in [-0.05, 0) is 6.92 Å². The largest absolute Gasteiger partial charge is 0.405 e. The Bertz CT molecular complexity index is 375. The Morgan fingerprint density at radius 2 is 2.18 bits per heavy atom. The summed E-state index contributed by atoms with van der Waals surface area (Å²) in [7, 11) is 0. The van der Waals surface area contributed by atoms with Crippen molar-refractivity contribution in [2.45, 2.75) is 26.2 Å². The van der Waals surface area contributed by atoms with Crippen molar-refractivity contribution in [1.82, 2.24) is 25.4 Å². The lowest BCUT2D eigenvalue weighted by atomic mass is 10.5. The molecule has 0 atom stereocenters. The SMILES string of the molecule is CCn1cnnc1CNC(=O)NCC(F)(F)F. The van der Waals surface area contributed by atoms with Crippen molar-refractivity contribution in [3.63, 3.8) is 0 Å². The molecule has 1 aromatic heterocycles. The third-order valence-electron chi connectivity index (χ3n) is 1.89. The lowest BCUT2D eigenvalue weighted by molar-refractivity contribution is -0.122. The van der Waals surface area contributed by atoms with E-state index in [1.807, 2.05) is 6.92 Å².